The third kappa shape index (κ3) is 4.00. The van der Waals surface area contributed by atoms with Crippen molar-refractivity contribution in [1.29, 1.82) is 0 Å². The van der Waals surface area contributed by atoms with Crippen molar-refractivity contribution >= 4 is 43.8 Å². The standard InChI is InChI=1S/C18H15Br2NO/c1-4-8-22-18-15(19)9-14(10-16(18)20)11-21-17-7-5-6-12(2)13(17)3/h1,5-7,9-11H,8H2,2-3H3. The number of aryl methyl sites for hydroxylation is 1. The van der Waals surface area contributed by atoms with Gasteiger partial charge in [-0.3, -0.25) is 4.99 Å². The lowest BCUT2D eigenvalue weighted by Gasteiger charge is -2.09. The molecule has 4 heteroatoms. The third-order valence-corrected chi connectivity index (χ3v) is 4.43. The Hall–Kier alpha value is -1.57. The van der Waals surface area contributed by atoms with Crippen LogP contribution in [0.3, 0.4) is 0 Å². The van der Waals surface area contributed by atoms with Crippen LogP contribution in [0.15, 0.2) is 44.3 Å². The lowest BCUT2D eigenvalue weighted by molar-refractivity contribution is 0.365. The minimum absolute atomic E-state index is 0.229. The van der Waals surface area contributed by atoms with E-state index in [4.69, 9.17) is 11.2 Å². The van der Waals surface area contributed by atoms with Crippen molar-refractivity contribution < 1.29 is 4.74 Å². The summed E-state index contributed by atoms with van der Waals surface area (Å²) in [7, 11) is 0. The molecule has 112 valence electrons. The van der Waals surface area contributed by atoms with Crippen molar-refractivity contribution in [3.05, 3.63) is 56.0 Å². The van der Waals surface area contributed by atoms with E-state index in [-0.39, 0.29) is 6.61 Å². The number of nitrogens with zero attached hydrogens (tertiary/aromatic N) is 1. The van der Waals surface area contributed by atoms with Gasteiger partial charge in [0.15, 0.2) is 0 Å². The molecule has 0 bridgehead atoms. The Labute approximate surface area is 147 Å². The summed E-state index contributed by atoms with van der Waals surface area (Å²) in [5, 5.41) is 0. The van der Waals surface area contributed by atoms with Gasteiger partial charge in [0.1, 0.15) is 12.4 Å². The van der Waals surface area contributed by atoms with Gasteiger partial charge in [0.05, 0.1) is 14.6 Å². The van der Waals surface area contributed by atoms with Crippen LogP contribution in [0.5, 0.6) is 5.75 Å². The van der Waals surface area contributed by atoms with Gasteiger partial charge in [-0.1, -0.05) is 18.1 Å². The molecule has 22 heavy (non-hydrogen) atoms. The van der Waals surface area contributed by atoms with Crippen LogP contribution in [-0.4, -0.2) is 12.8 Å². The van der Waals surface area contributed by atoms with Crippen molar-refractivity contribution in [2.45, 2.75) is 13.8 Å². The first kappa shape index (κ1) is 16.8. The highest BCUT2D eigenvalue weighted by Gasteiger charge is 2.08. The highest BCUT2D eigenvalue weighted by atomic mass is 79.9. The first-order chi connectivity index (χ1) is 10.5. The molecule has 2 aromatic carbocycles. The number of halogens is 2. The van der Waals surface area contributed by atoms with E-state index in [0.717, 1.165) is 20.2 Å². The molecule has 0 aliphatic carbocycles. The van der Waals surface area contributed by atoms with Crippen molar-refractivity contribution in [3.8, 4) is 18.1 Å². The van der Waals surface area contributed by atoms with E-state index in [0.29, 0.717) is 5.75 Å². The molecule has 0 saturated heterocycles. The molecular weight excluding hydrogens is 406 g/mol. The fraction of sp³-hybridized carbons (Fsp3) is 0.167. The molecule has 2 rings (SSSR count). The Balaban J connectivity index is 2.29. The average Bonchev–Trinajstić information content (AvgIpc) is 2.48. The summed E-state index contributed by atoms with van der Waals surface area (Å²) >= 11 is 6.99. The lowest BCUT2D eigenvalue weighted by Crippen LogP contribution is -1.96. The molecule has 0 saturated carbocycles. The molecule has 2 aromatic rings. The van der Waals surface area contributed by atoms with Crippen LogP contribution in [0.4, 0.5) is 5.69 Å². The first-order valence-corrected chi connectivity index (χ1v) is 8.27. The Morgan fingerprint density at radius 2 is 1.91 bits per heavy atom. The fourth-order valence-corrected chi connectivity index (χ4v) is 3.38. The molecular formula is C18H15Br2NO. The summed E-state index contributed by atoms with van der Waals surface area (Å²) in [5.41, 5.74) is 4.36. The minimum atomic E-state index is 0.229. The van der Waals surface area contributed by atoms with Crippen molar-refractivity contribution in [3.63, 3.8) is 0 Å². The Bertz CT molecular complexity index is 737. The van der Waals surface area contributed by atoms with Crippen molar-refractivity contribution in [2.75, 3.05) is 6.61 Å². The van der Waals surface area contributed by atoms with Gasteiger partial charge in [-0.25, -0.2) is 0 Å². The van der Waals surface area contributed by atoms with Gasteiger partial charge in [-0.05, 0) is 80.6 Å². The highest BCUT2D eigenvalue weighted by Crippen LogP contribution is 2.34. The summed E-state index contributed by atoms with van der Waals surface area (Å²) in [6.07, 6.45) is 7.05. The number of terminal acetylenes is 1. The maximum Gasteiger partial charge on any atom is 0.149 e. The van der Waals surface area contributed by atoms with Crippen LogP contribution in [0.2, 0.25) is 0 Å². The predicted molar refractivity (Wildman–Crippen MR) is 99.3 cm³/mol. The molecule has 0 aliphatic rings. The molecule has 0 spiro atoms. The maximum absolute atomic E-state index is 5.49. The number of rotatable bonds is 4. The topological polar surface area (TPSA) is 21.6 Å². The van der Waals surface area contributed by atoms with E-state index in [2.05, 4.69) is 62.7 Å². The Morgan fingerprint density at radius 3 is 2.55 bits per heavy atom. The van der Waals surface area contributed by atoms with Crippen LogP contribution in [0.25, 0.3) is 0 Å². The molecule has 0 amide bonds. The summed E-state index contributed by atoms with van der Waals surface area (Å²) in [5.74, 6) is 3.15. The third-order valence-electron chi connectivity index (χ3n) is 3.25. The van der Waals surface area contributed by atoms with Crippen molar-refractivity contribution in [1.82, 2.24) is 0 Å². The molecule has 0 aromatic heterocycles. The van der Waals surface area contributed by atoms with Gasteiger partial charge in [0.2, 0.25) is 0 Å². The van der Waals surface area contributed by atoms with E-state index in [1.807, 2.05) is 30.5 Å². The van der Waals surface area contributed by atoms with Gasteiger partial charge in [-0.15, -0.1) is 6.42 Å². The van der Waals surface area contributed by atoms with Gasteiger partial charge in [0, 0.05) is 6.21 Å². The number of hydrogen-bond acceptors (Lipinski definition) is 2. The molecule has 0 unspecified atom stereocenters. The minimum Gasteiger partial charge on any atom is -0.479 e. The van der Waals surface area contributed by atoms with E-state index >= 15 is 0 Å². The summed E-state index contributed by atoms with van der Waals surface area (Å²) in [6, 6.07) is 10.0. The normalized spacial score (nSPS) is 10.7. The molecule has 0 radical (unpaired) electrons. The van der Waals surface area contributed by atoms with Gasteiger partial charge < -0.3 is 4.74 Å². The van der Waals surface area contributed by atoms with Crippen LogP contribution < -0.4 is 4.74 Å². The second-order valence-electron chi connectivity index (χ2n) is 4.78. The van der Waals surface area contributed by atoms with E-state index in [1.54, 1.807) is 0 Å². The largest absolute Gasteiger partial charge is 0.479 e. The molecule has 0 atom stereocenters. The second kappa shape index (κ2) is 7.62. The summed E-state index contributed by atoms with van der Waals surface area (Å²) < 4.78 is 7.16. The summed E-state index contributed by atoms with van der Waals surface area (Å²) in [6.45, 7) is 4.39. The number of hydrogen-bond donors (Lipinski definition) is 0. The fourth-order valence-electron chi connectivity index (χ4n) is 1.93. The monoisotopic (exact) mass is 419 g/mol. The maximum atomic E-state index is 5.49. The molecule has 0 aliphatic heterocycles. The average molecular weight is 421 g/mol. The van der Waals surface area contributed by atoms with Gasteiger partial charge >= 0.3 is 0 Å². The van der Waals surface area contributed by atoms with Crippen LogP contribution in [0.1, 0.15) is 16.7 Å². The van der Waals surface area contributed by atoms with Crippen molar-refractivity contribution in [2.24, 2.45) is 4.99 Å². The van der Waals surface area contributed by atoms with Gasteiger partial charge in [0.25, 0.3) is 0 Å². The number of aliphatic imine (C=N–C) groups is 1. The van der Waals surface area contributed by atoms with Crippen LogP contribution in [0, 0.1) is 26.2 Å². The zero-order valence-electron chi connectivity index (χ0n) is 12.4. The van der Waals surface area contributed by atoms with Crippen LogP contribution in [-0.2, 0) is 0 Å². The zero-order chi connectivity index (χ0) is 16.1. The predicted octanol–water partition coefficient (Wildman–Crippen LogP) is 5.59. The van der Waals surface area contributed by atoms with E-state index in [9.17, 15) is 0 Å². The molecule has 0 fully saturated rings. The number of ether oxygens (including phenoxy) is 1. The Kier molecular flexibility index (Phi) is 5.82. The lowest BCUT2D eigenvalue weighted by atomic mass is 10.1. The second-order valence-corrected chi connectivity index (χ2v) is 6.49. The first-order valence-electron chi connectivity index (χ1n) is 6.68. The van der Waals surface area contributed by atoms with E-state index < -0.39 is 0 Å². The van der Waals surface area contributed by atoms with E-state index in [1.165, 1.54) is 11.1 Å². The molecule has 0 heterocycles. The number of benzene rings is 2. The smallest absolute Gasteiger partial charge is 0.149 e. The molecule has 2 nitrogen and oxygen atoms in total. The zero-order valence-corrected chi connectivity index (χ0v) is 15.5. The van der Waals surface area contributed by atoms with Crippen LogP contribution >= 0.6 is 31.9 Å². The van der Waals surface area contributed by atoms with Gasteiger partial charge in [-0.2, -0.15) is 0 Å². The Morgan fingerprint density at radius 1 is 1.23 bits per heavy atom. The summed E-state index contributed by atoms with van der Waals surface area (Å²) in [4.78, 5) is 4.57. The quantitative estimate of drug-likeness (QED) is 0.466. The highest BCUT2D eigenvalue weighted by molar-refractivity contribution is 9.11. The molecule has 0 N–H and O–H groups in total. The SMILES string of the molecule is C#CCOc1c(Br)cc(C=Nc2cccc(C)c2C)cc1Br.